The van der Waals surface area contributed by atoms with Crippen molar-refractivity contribution >= 4 is 28.9 Å². The van der Waals surface area contributed by atoms with E-state index in [1.54, 1.807) is 30.0 Å². The maximum absolute atomic E-state index is 14.3. The van der Waals surface area contributed by atoms with Crippen LogP contribution in [0.4, 0.5) is 15.8 Å². The van der Waals surface area contributed by atoms with Crippen molar-refractivity contribution in [2.75, 3.05) is 4.90 Å². The molecule has 0 spiro atoms. The summed E-state index contributed by atoms with van der Waals surface area (Å²) >= 11 is 6.32. The predicted octanol–water partition coefficient (Wildman–Crippen LogP) is 7.07. The third-order valence-electron chi connectivity index (χ3n) is 6.11. The van der Waals surface area contributed by atoms with Crippen LogP contribution in [0.3, 0.4) is 0 Å². The number of fused-ring (bicyclic) bond motifs is 1. The van der Waals surface area contributed by atoms with Gasteiger partial charge in [-0.25, -0.2) is 4.39 Å². The van der Waals surface area contributed by atoms with E-state index in [-0.39, 0.29) is 17.1 Å². The predicted molar refractivity (Wildman–Crippen MR) is 121 cm³/mol. The molecule has 1 unspecified atom stereocenters. The molecule has 3 aromatic rings. The highest BCUT2D eigenvalue weighted by atomic mass is 35.5. The molecule has 1 aliphatic rings. The first-order valence-electron chi connectivity index (χ1n) is 10.1. The summed E-state index contributed by atoms with van der Waals surface area (Å²) in [5.41, 5.74) is 3.80. The SMILES string of the molecule is Cc1ccc(N2C(=O)C(C)(c3ccc(C(C)(C)C)cc3)c3cc(Cl)ccc32)cc1F. The lowest BCUT2D eigenvalue weighted by atomic mass is 9.76. The number of carbonyl (C=O) groups is 1. The maximum Gasteiger partial charge on any atom is 0.246 e. The normalized spacial score (nSPS) is 18.6. The van der Waals surface area contributed by atoms with Gasteiger partial charge in [0.25, 0.3) is 0 Å². The number of aryl methyl sites for hydroxylation is 1. The van der Waals surface area contributed by atoms with Crippen LogP contribution in [0.5, 0.6) is 0 Å². The van der Waals surface area contributed by atoms with Crippen molar-refractivity contribution < 1.29 is 9.18 Å². The lowest BCUT2D eigenvalue weighted by Crippen LogP contribution is -2.37. The van der Waals surface area contributed by atoms with Crippen molar-refractivity contribution in [3.05, 3.63) is 93.8 Å². The number of hydrogen-bond donors (Lipinski definition) is 0. The molecule has 3 aromatic carbocycles. The van der Waals surface area contributed by atoms with Crippen LogP contribution < -0.4 is 4.90 Å². The number of amides is 1. The highest BCUT2D eigenvalue weighted by molar-refractivity contribution is 6.31. The van der Waals surface area contributed by atoms with Crippen molar-refractivity contribution in [1.29, 1.82) is 0 Å². The topological polar surface area (TPSA) is 20.3 Å². The molecule has 30 heavy (non-hydrogen) atoms. The lowest BCUT2D eigenvalue weighted by Gasteiger charge is -2.27. The van der Waals surface area contributed by atoms with Crippen LogP contribution in [0.15, 0.2) is 60.7 Å². The number of benzene rings is 3. The van der Waals surface area contributed by atoms with Gasteiger partial charge in [0.2, 0.25) is 5.91 Å². The summed E-state index contributed by atoms with van der Waals surface area (Å²) in [6, 6.07) is 18.5. The minimum atomic E-state index is -0.919. The van der Waals surface area contributed by atoms with Crippen LogP contribution in [0.25, 0.3) is 0 Å². The van der Waals surface area contributed by atoms with Crippen LogP contribution in [-0.2, 0) is 15.6 Å². The first-order valence-corrected chi connectivity index (χ1v) is 10.4. The van der Waals surface area contributed by atoms with Crippen molar-refractivity contribution in [1.82, 2.24) is 0 Å². The van der Waals surface area contributed by atoms with Gasteiger partial charge in [0.05, 0.1) is 16.8 Å². The van der Waals surface area contributed by atoms with Gasteiger partial charge < -0.3 is 0 Å². The minimum absolute atomic E-state index is 0.0196. The van der Waals surface area contributed by atoms with Gasteiger partial charge in [-0.1, -0.05) is 62.7 Å². The third kappa shape index (κ3) is 3.13. The number of hydrogen-bond acceptors (Lipinski definition) is 1. The zero-order valence-electron chi connectivity index (χ0n) is 17.9. The fraction of sp³-hybridized carbons (Fsp3) is 0.269. The molecule has 0 aliphatic carbocycles. The Labute approximate surface area is 182 Å². The molecule has 0 radical (unpaired) electrons. The Hall–Kier alpha value is -2.65. The number of rotatable bonds is 2. The second kappa shape index (κ2) is 6.95. The van der Waals surface area contributed by atoms with Crippen LogP contribution in [-0.4, -0.2) is 5.91 Å². The summed E-state index contributed by atoms with van der Waals surface area (Å²) in [5, 5.41) is 0.566. The second-order valence-corrected chi connectivity index (χ2v) is 9.62. The Morgan fingerprint density at radius 1 is 0.967 bits per heavy atom. The summed E-state index contributed by atoms with van der Waals surface area (Å²) in [4.78, 5) is 15.4. The van der Waals surface area contributed by atoms with Crippen molar-refractivity contribution in [2.24, 2.45) is 0 Å². The largest absolute Gasteiger partial charge is 0.280 e. The van der Waals surface area contributed by atoms with Gasteiger partial charge in [0.1, 0.15) is 5.82 Å². The van der Waals surface area contributed by atoms with E-state index in [0.29, 0.717) is 16.3 Å². The zero-order valence-corrected chi connectivity index (χ0v) is 18.6. The molecule has 0 aromatic heterocycles. The molecule has 4 heteroatoms. The highest BCUT2D eigenvalue weighted by Crippen LogP contribution is 2.50. The molecular formula is C26H25ClFNO. The molecule has 1 aliphatic heterocycles. The average molecular weight is 422 g/mol. The quantitative estimate of drug-likeness (QED) is 0.433. The fourth-order valence-electron chi connectivity index (χ4n) is 4.11. The van der Waals surface area contributed by atoms with Gasteiger partial charge in [-0.3, -0.25) is 9.69 Å². The van der Waals surface area contributed by atoms with Gasteiger partial charge in [-0.2, -0.15) is 0 Å². The summed E-state index contributed by atoms with van der Waals surface area (Å²) in [5.74, 6) is -0.453. The monoisotopic (exact) mass is 421 g/mol. The summed E-state index contributed by atoms with van der Waals surface area (Å²) in [6.07, 6.45) is 0. The first kappa shape index (κ1) is 20.6. The Kier molecular flexibility index (Phi) is 4.78. The van der Waals surface area contributed by atoms with E-state index in [2.05, 4.69) is 32.9 Å². The van der Waals surface area contributed by atoms with Gasteiger partial charge in [-0.05, 0) is 71.8 Å². The number of halogens is 2. The molecule has 154 valence electrons. The van der Waals surface area contributed by atoms with E-state index < -0.39 is 5.41 Å². The van der Waals surface area contributed by atoms with E-state index in [1.807, 2.05) is 31.2 Å². The van der Waals surface area contributed by atoms with Crippen LogP contribution in [0.1, 0.15) is 49.9 Å². The van der Waals surface area contributed by atoms with Gasteiger partial charge in [0.15, 0.2) is 0 Å². The molecule has 0 fully saturated rings. The Morgan fingerprint density at radius 2 is 1.63 bits per heavy atom. The molecule has 0 saturated carbocycles. The van der Waals surface area contributed by atoms with Crippen LogP contribution in [0, 0.1) is 12.7 Å². The summed E-state index contributed by atoms with van der Waals surface area (Å²) < 4.78 is 14.3. The molecule has 0 saturated heterocycles. The lowest BCUT2D eigenvalue weighted by molar-refractivity contribution is -0.120. The van der Waals surface area contributed by atoms with Crippen LogP contribution in [0.2, 0.25) is 5.02 Å². The van der Waals surface area contributed by atoms with E-state index in [1.165, 1.54) is 11.6 Å². The Morgan fingerprint density at radius 3 is 2.23 bits per heavy atom. The molecule has 1 heterocycles. The number of carbonyl (C=O) groups excluding carboxylic acids is 1. The molecule has 2 nitrogen and oxygen atoms in total. The fourth-order valence-corrected chi connectivity index (χ4v) is 4.28. The molecule has 1 atom stereocenters. The standard InChI is InChI=1S/C26H25ClFNO/c1-16-6-12-20(15-22(16)28)29-23-13-11-19(27)14-21(23)26(5,24(29)30)18-9-7-17(8-10-18)25(2,3)4/h6-15H,1-5H3. The van der Waals surface area contributed by atoms with Crippen molar-refractivity contribution in [3.8, 4) is 0 Å². The Balaban J connectivity index is 1.90. The number of anilines is 2. The van der Waals surface area contributed by atoms with E-state index in [0.717, 1.165) is 16.8 Å². The molecule has 4 rings (SSSR count). The maximum atomic E-state index is 14.3. The van der Waals surface area contributed by atoms with Gasteiger partial charge in [-0.15, -0.1) is 0 Å². The molecular weight excluding hydrogens is 397 g/mol. The average Bonchev–Trinajstić information content (AvgIpc) is 2.92. The smallest absolute Gasteiger partial charge is 0.246 e. The third-order valence-corrected chi connectivity index (χ3v) is 6.35. The number of nitrogens with zero attached hydrogens (tertiary/aromatic N) is 1. The molecule has 0 bridgehead atoms. The highest BCUT2D eigenvalue weighted by Gasteiger charge is 2.49. The molecule has 0 N–H and O–H groups in total. The van der Waals surface area contributed by atoms with Gasteiger partial charge >= 0.3 is 0 Å². The van der Waals surface area contributed by atoms with Crippen molar-refractivity contribution in [2.45, 2.75) is 45.4 Å². The first-order chi connectivity index (χ1) is 14.0. The van der Waals surface area contributed by atoms with Crippen LogP contribution >= 0.6 is 11.6 Å². The second-order valence-electron chi connectivity index (χ2n) is 9.19. The summed E-state index contributed by atoms with van der Waals surface area (Å²) in [7, 11) is 0. The van der Waals surface area contributed by atoms with Gasteiger partial charge in [0, 0.05) is 5.02 Å². The summed E-state index contributed by atoms with van der Waals surface area (Å²) in [6.45, 7) is 10.1. The molecule has 1 amide bonds. The minimum Gasteiger partial charge on any atom is -0.280 e. The van der Waals surface area contributed by atoms with E-state index >= 15 is 0 Å². The Bertz CT molecular complexity index is 1150. The van der Waals surface area contributed by atoms with E-state index in [4.69, 9.17) is 11.6 Å². The zero-order chi connectivity index (χ0) is 21.8. The van der Waals surface area contributed by atoms with Crippen molar-refractivity contribution in [3.63, 3.8) is 0 Å². The van der Waals surface area contributed by atoms with E-state index in [9.17, 15) is 9.18 Å².